The zero-order valence-corrected chi connectivity index (χ0v) is 11.8. The van der Waals surface area contributed by atoms with Crippen molar-refractivity contribution in [1.29, 1.82) is 0 Å². The monoisotopic (exact) mass is 281 g/mol. The van der Waals surface area contributed by atoms with E-state index in [1.807, 2.05) is 6.20 Å². The molecule has 1 fully saturated rings. The molecule has 2 aromatic rings. The molecule has 0 saturated carbocycles. The highest BCUT2D eigenvalue weighted by molar-refractivity contribution is 7.24. The van der Waals surface area contributed by atoms with Gasteiger partial charge in [-0.05, 0) is 18.8 Å². The lowest BCUT2D eigenvalue weighted by Crippen LogP contribution is -2.34. The zero-order chi connectivity index (χ0) is 12.5. The third-order valence-corrected chi connectivity index (χ3v) is 5.05. The number of nitrogens with two attached hydrogens (primary N) is 1. The van der Waals surface area contributed by atoms with Crippen molar-refractivity contribution in [3.05, 3.63) is 6.20 Å². The van der Waals surface area contributed by atoms with Crippen LogP contribution in [0.4, 0.5) is 10.3 Å². The lowest BCUT2D eigenvalue weighted by Gasteiger charge is -2.30. The first-order chi connectivity index (χ1) is 8.72. The Morgan fingerprint density at radius 2 is 2.28 bits per heavy atom. The molecule has 3 rings (SSSR count). The summed E-state index contributed by atoms with van der Waals surface area (Å²) in [6.07, 6.45) is 4.45. The normalized spacial score (nSPS) is 20.3. The van der Waals surface area contributed by atoms with Gasteiger partial charge >= 0.3 is 0 Å². The average Bonchev–Trinajstić information content (AvgIpc) is 2.97. The Bertz CT molecular complexity index is 535. The molecule has 0 aromatic carbocycles. The molecule has 2 N–H and O–H groups in total. The third kappa shape index (κ3) is 2.32. The van der Waals surface area contributed by atoms with Crippen molar-refractivity contribution >= 4 is 32.9 Å². The van der Waals surface area contributed by atoms with E-state index >= 15 is 0 Å². The van der Waals surface area contributed by atoms with Gasteiger partial charge < -0.3 is 10.6 Å². The van der Waals surface area contributed by atoms with Crippen LogP contribution < -0.4 is 10.6 Å². The molecule has 0 bridgehead atoms. The highest BCUT2D eigenvalue weighted by Gasteiger charge is 2.20. The summed E-state index contributed by atoms with van der Waals surface area (Å²) in [5.74, 6) is 0.753. The van der Waals surface area contributed by atoms with Gasteiger partial charge in [-0.15, -0.1) is 10.2 Å². The minimum atomic E-state index is 0.506. The van der Waals surface area contributed by atoms with Gasteiger partial charge in [-0.2, -0.15) is 0 Å². The van der Waals surface area contributed by atoms with Crippen molar-refractivity contribution in [3.63, 3.8) is 0 Å². The Morgan fingerprint density at radius 3 is 3.00 bits per heavy atom. The van der Waals surface area contributed by atoms with Crippen LogP contribution in [0.3, 0.4) is 0 Å². The maximum atomic E-state index is 5.60. The smallest absolute Gasteiger partial charge is 0.203 e. The molecule has 1 aliphatic heterocycles. The molecule has 0 aliphatic carbocycles. The fourth-order valence-electron chi connectivity index (χ4n) is 2.21. The van der Waals surface area contributed by atoms with Crippen molar-refractivity contribution < 1.29 is 0 Å². The van der Waals surface area contributed by atoms with Gasteiger partial charge in [0.15, 0.2) is 10.1 Å². The second-order valence-electron chi connectivity index (χ2n) is 4.65. The number of nitrogens with zero attached hydrogens (tertiary/aromatic N) is 4. The molecule has 96 valence electrons. The topological polar surface area (TPSA) is 67.9 Å². The first-order valence-electron chi connectivity index (χ1n) is 6.02. The largest absolute Gasteiger partial charge is 0.374 e. The van der Waals surface area contributed by atoms with Crippen LogP contribution in [-0.4, -0.2) is 28.3 Å². The molecular formula is C11H15N5S2. The van der Waals surface area contributed by atoms with E-state index < -0.39 is 0 Å². The van der Waals surface area contributed by atoms with Crippen LogP contribution in [0.2, 0.25) is 0 Å². The van der Waals surface area contributed by atoms with Gasteiger partial charge in [0.1, 0.15) is 0 Å². The predicted octanol–water partition coefficient (Wildman–Crippen LogP) is 2.48. The number of nitrogen functional groups attached to an aromatic ring is 1. The summed E-state index contributed by atoms with van der Waals surface area (Å²) in [4.78, 5) is 7.92. The van der Waals surface area contributed by atoms with Crippen molar-refractivity contribution in [1.82, 2.24) is 15.2 Å². The maximum absolute atomic E-state index is 5.60. The number of rotatable bonds is 2. The van der Waals surface area contributed by atoms with E-state index in [4.69, 9.17) is 5.73 Å². The second kappa shape index (κ2) is 4.81. The first kappa shape index (κ1) is 11.9. The van der Waals surface area contributed by atoms with E-state index in [1.165, 1.54) is 24.2 Å². The minimum Gasteiger partial charge on any atom is -0.374 e. The van der Waals surface area contributed by atoms with Gasteiger partial charge in [-0.3, -0.25) is 0 Å². The maximum Gasteiger partial charge on any atom is 0.203 e. The van der Waals surface area contributed by atoms with Gasteiger partial charge in [0, 0.05) is 13.1 Å². The Hall–Kier alpha value is -1.21. The van der Waals surface area contributed by atoms with Crippen LogP contribution in [0, 0.1) is 5.92 Å². The molecule has 1 atom stereocenters. The summed E-state index contributed by atoms with van der Waals surface area (Å²) in [6.45, 7) is 4.51. The molecular weight excluding hydrogens is 266 g/mol. The zero-order valence-electron chi connectivity index (χ0n) is 10.2. The van der Waals surface area contributed by atoms with Crippen molar-refractivity contribution in [2.45, 2.75) is 19.8 Å². The van der Waals surface area contributed by atoms with E-state index in [9.17, 15) is 0 Å². The molecule has 1 unspecified atom stereocenters. The number of hydrogen-bond acceptors (Lipinski definition) is 7. The van der Waals surface area contributed by atoms with Gasteiger partial charge in [-0.25, -0.2) is 4.98 Å². The van der Waals surface area contributed by atoms with Crippen molar-refractivity contribution in [2.75, 3.05) is 23.7 Å². The third-order valence-electron chi connectivity index (χ3n) is 3.07. The van der Waals surface area contributed by atoms with E-state index in [0.717, 1.165) is 34.0 Å². The molecule has 1 aliphatic rings. The summed E-state index contributed by atoms with van der Waals surface area (Å²) in [7, 11) is 0. The van der Waals surface area contributed by atoms with E-state index in [-0.39, 0.29) is 0 Å². The molecule has 3 heterocycles. The number of aromatic nitrogens is 3. The number of piperidine rings is 1. The first-order valence-corrected chi connectivity index (χ1v) is 7.66. The molecule has 7 heteroatoms. The summed E-state index contributed by atoms with van der Waals surface area (Å²) in [6, 6.07) is 0. The van der Waals surface area contributed by atoms with Crippen LogP contribution in [-0.2, 0) is 0 Å². The second-order valence-corrected chi connectivity index (χ2v) is 6.66. The van der Waals surface area contributed by atoms with Crippen LogP contribution in [0.25, 0.3) is 9.88 Å². The molecule has 2 aromatic heterocycles. The highest BCUT2D eigenvalue weighted by Crippen LogP contribution is 2.34. The number of hydrogen-bond donors (Lipinski definition) is 1. The summed E-state index contributed by atoms with van der Waals surface area (Å²) >= 11 is 3.08. The molecule has 0 amide bonds. The summed E-state index contributed by atoms with van der Waals surface area (Å²) in [5, 5.41) is 10.3. The van der Waals surface area contributed by atoms with Gasteiger partial charge in [0.25, 0.3) is 0 Å². The van der Waals surface area contributed by atoms with Gasteiger partial charge in [0.2, 0.25) is 5.13 Å². The van der Waals surface area contributed by atoms with E-state index in [2.05, 4.69) is 27.0 Å². The number of thiazole rings is 1. The van der Waals surface area contributed by atoms with Crippen molar-refractivity contribution in [3.8, 4) is 9.88 Å². The number of anilines is 2. The van der Waals surface area contributed by atoms with Crippen molar-refractivity contribution in [2.24, 2.45) is 5.92 Å². The lowest BCUT2D eigenvalue weighted by atomic mass is 10.0. The Morgan fingerprint density at radius 1 is 1.39 bits per heavy atom. The van der Waals surface area contributed by atoms with Crippen LogP contribution in [0.15, 0.2) is 6.20 Å². The fraction of sp³-hybridized carbons (Fsp3) is 0.545. The van der Waals surface area contributed by atoms with Gasteiger partial charge in [0.05, 0.1) is 11.1 Å². The lowest BCUT2D eigenvalue weighted by molar-refractivity contribution is 0.446. The molecule has 1 saturated heterocycles. The molecule has 18 heavy (non-hydrogen) atoms. The van der Waals surface area contributed by atoms with Gasteiger partial charge in [-0.1, -0.05) is 29.6 Å². The standard InChI is InChI=1S/C11H15N5S2/c1-7-3-2-4-16(6-7)11-13-5-8(17-11)9-14-15-10(12)18-9/h5,7H,2-4,6H2,1H3,(H2,12,15). The Labute approximate surface area is 114 Å². The quantitative estimate of drug-likeness (QED) is 0.916. The summed E-state index contributed by atoms with van der Waals surface area (Å²) < 4.78 is 0. The highest BCUT2D eigenvalue weighted by atomic mass is 32.1. The minimum absolute atomic E-state index is 0.506. The molecule has 0 radical (unpaired) electrons. The van der Waals surface area contributed by atoms with Crippen LogP contribution in [0.1, 0.15) is 19.8 Å². The predicted molar refractivity (Wildman–Crippen MR) is 76.0 cm³/mol. The van der Waals surface area contributed by atoms with E-state index in [0.29, 0.717) is 5.13 Å². The Kier molecular flexibility index (Phi) is 3.17. The van der Waals surface area contributed by atoms with Crippen LogP contribution >= 0.6 is 22.7 Å². The molecule has 0 spiro atoms. The average molecular weight is 281 g/mol. The molecule has 5 nitrogen and oxygen atoms in total. The fourth-order valence-corrected chi connectivity index (χ4v) is 3.80. The Balaban J connectivity index is 1.80. The van der Waals surface area contributed by atoms with E-state index in [1.54, 1.807) is 11.3 Å². The summed E-state index contributed by atoms with van der Waals surface area (Å²) in [5.41, 5.74) is 5.60. The SMILES string of the molecule is CC1CCCN(c2ncc(-c3nnc(N)s3)s2)C1. The van der Waals surface area contributed by atoms with Crippen LogP contribution in [0.5, 0.6) is 0 Å².